The summed E-state index contributed by atoms with van der Waals surface area (Å²) in [6.07, 6.45) is -0.377. The normalized spacial score (nSPS) is 16.8. The quantitative estimate of drug-likeness (QED) is 0.276. The van der Waals surface area contributed by atoms with Gasteiger partial charge in [-0.15, -0.1) is 0 Å². The van der Waals surface area contributed by atoms with Crippen LogP contribution in [-0.4, -0.2) is 56.0 Å². The molecule has 1 amide bonds. The van der Waals surface area contributed by atoms with Gasteiger partial charge < -0.3 is 30.6 Å². The number of anilines is 2. The van der Waals surface area contributed by atoms with Crippen LogP contribution in [0.1, 0.15) is 41.7 Å². The van der Waals surface area contributed by atoms with Crippen LogP contribution in [0.3, 0.4) is 0 Å². The zero-order valence-corrected chi connectivity index (χ0v) is 23.0. The Labute approximate surface area is 237 Å². The van der Waals surface area contributed by atoms with Crippen LogP contribution < -0.4 is 26.0 Å². The molecule has 1 aliphatic carbocycles. The highest BCUT2D eigenvalue weighted by Crippen LogP contribution is 2.32. The van der Waals surface area contributed by atoms with Crippen molar-refractivity contribution < 1.29 is 22.7 Å². The van der Waals surface area contributed by atoms with Crippen LogP contribution in [-0.2, 0) is 6.54 Å². The van der Waals surface area contributed by atoms with Gasteiger partial charge in [-0.1, -0.05) is 12.0 Å². The topological polar surface area (TPSA) is 103 Å². The Morgan fingerprint density at radius 2 is 1.83 bits per heavy atom. The van der Waals surface area contributed by atoms with E-state index in [1.54, 1.807) is 30.3 Å². The average molecular weight is 567 g/mol. The third-order valence-corrected chi connectivity index (χ3v) is 7.12. The second-order valence-corrected chi connectivity index (χ2v) is 9.84. The summed E-state index contributed by atoms with van der Waals surface area (Å²) in [5, 5.41) is 22.0. The molecule has 1 saturated carbocycles. The highest BCUT2D eigenvalue weighted by Gasteiger charge is 2.30. The van der Waals surface area contributed by atoms with Crippen LogP contribution in [0, 0.1) is 23.2 Å². The first kappa shape index (κ1) is 29.6. The van der Waals surface area contributed by atoms with E-state index in [0.717, 1.165) is 31.4 Å². The van der Waals surface area contributed by atoms with Crippen molar-refractivity contribution in [1.82, 2.24) is 15.2 Å². The first-order valence-electron chi connectivity index (χ1n) is 13.4. The molecule has 4 rings (SSSR count). The third kappa shape index (κ3) is 7.65. The molecule has 0 bridgehead atoms. The number of halogens is 3. The average Bonchev–Trinajstić information content (AvgIpc) is 3.31. The number of carbonyl (C=O) groups is 1. The summed E-state index contributed by atoms with van der Waals surface area (Å²) in [7, 11) is 3.47. The van der Waals surface area contributed by atoms with Gasteiger partial charge in [0.2, 0.25) is 0 Å². The van der Waals surface area contributed by atoms with E-state index in [9.17, 15) is 18.0 Å². The molecule has 4 N–H and O–H groups in total. The van der Waals surface area contributed by atoms with Crippen LogP contribution in [0.5, 0.6) is 5.75 Å². The molecule has 1 aliphatic rings. The maximum Gasteiger partial charge on any atom is 0.406 e. The van der Waals surface area contributed by atoms with Gasteiger partial charge in [-0.3, -0.25) is 4.79 Å². The fraction of sp³-hybridized carbons (Fsp3) is 0.400. The van der Waals surface area contributed by atoms with E-state index in [4.69, 9.17) is 10.00 Å². The Bertz CT molecular complexity index is 1470. The lowest BCUT2D eigenvalue weighted by atomic mass is 9.91. The summed E-state index contributed by atoms with van der Waals surface area (Å²) >= 11 is 0. The Hall–Kier alpha value is -4.35. The number of hydrogen-bond acceptors (Lipinski definition) is 6. The molecule has 11 heteroatoms. The summed E-state index contributed by atoms with van der Waals surface area (Å²) in [5.74, 6) is 5.78. The van der Waals surface area contributed by atoms with Gasteiger partial charge in [-0.05, 0) is 75.0 Å². The molecule has 2 aromatic carbocycles. The number of rotatable bonds is 9. The Morgan fingerprint density at radius 1 is 1.07 bits per heavy atom. The second kappa shape index (κ2) is 13.3. The van der Waals surface area contributed by atoms with Crippen molar-refractivity contribution in [2.45, 2.75) is 50.5 Å². The van der Waals surface area contributed by atoms with E-state index in [2.05, 4.69) is 33.1 Å². The first-order chi connectivity index (χ1) is 19.7. The number of amides is 1. The minimum Gasteiger partial charge on any atom is -0.477 e. The zero-order chi connectivity index (χ0) is 29.4. The van der Waals surface area contributed by atoms with Gasteiger partial charge in [0.1, 0.15) is 18.4 Å². The lowest BCUT2D eigenvalue weighted by Gasteiger charge is -2.29. The highest BCUT2D eigenvalue weighted by atomic mass is 19.4. The molecule has 0 atom stereocenters. The molecule has 0 aliphatic heterocycles. The van der Waals surface area contributed by atoms with Gasteiger partial charge in [-0.25, -0.2) is 0 Å². The van der Waals surface area contributed by atoms with E-state index in [-0.39, 0.29) is 30.8 Å². The fourth-order valence-electron chi connectivity index (χ4n) is 5.07. The van der Waals surface area contributed by atoms with Crippen molar-refractivity contribution in [2.75, 3.05) is 37.9 Å². The maximum atomic E-state index is 13.6. The Kier molecular flexibility index (Phi) is 9.64. The SMILES string of the molecule is CNC(=O)c1ccc(NCC#Cc2cc3c(N[C@H]4CC[C@H](NC)CC4)cccc3n2CC(F)(F)F)c(OCC#N)c1. The fourth-order valence-corrected chi connectivity index (χ4v) is 5.07. The lowest BCUT2D eigenvalue weighted by Crippen LogP contribution is -2.34. The minimum atomic E-state index is -4.42. The van der Waals surface area contributed by atoms with Gasteiger partial charge in [0.15, 0.2) is 6.61 Å². The van der Waals surface area contributed by atoms with Crippen LogP contribution in [0.15, 0.2) is 42.5 Å². The monoisotopic (exact) mass is 566 g/mol. The smallest absolute Gasteiger partial charge is 0.406 e. The molecule has 1 fully saturated rings. The standard InChI is InChI=1S/C30H33F3N6O2/c1-35-21-9-11-22(12-10-21)38-25-6-3-7-27-24(25)18-23(39(27)19-30(31,32)33)5-4-15-37-26-13-8-20(29(40)36-2)17-28(26)41-16-14-34/h3,6-8,13,17-18,21-22,35,37-38H,9-12,15-16,19H2,1-2H3,(H,36,40)/t21-,22-. The number of aromatic nitrogens is 1. The number of hydrogen-bond donors (Lipinski definition) is 4. The summed E-state index contributed by atoms with van der Waals surface area (Å²) in [4.78, 5) is 12.0. The van der Waals surface area contributed by atoms with Crippen molar-refractivity contribution in [3.8, 4) is 23.7 Å². The molecule has 216 valence electrons. The van der Waals surface area contributed by atoms with Crippen LogP contribution >= 0.6 is 0 Å². The van der Waals surface area contributed by atoms with Crippen molar-refractivity contribution in [3.63, 3.8) is 0 Å². The summed E-state index contributed by atoms with van der Waals surface area (Å²) in [6, 6.07) is 14.4. The minimum absolute atomic E-state index is 0.0928. The van der Waals surface area contributed by atoms with Crippen molar-refractivity contribution >= 4 is 28.2 Å². The first-order valence-corrected chi connectivity index (χ1v) is 13.4. The summed E-state index contributed by atoms with van der Waals surface area (Å²) in [6.45, 7) is -1.28. The van der Waals surface area contributed by atoms with Gasteiger partial charge >= 0.3 is 6.18 Å². The highest BCUT2D eigenvalue weighted by molar-refractivity contribution is 5.95. The largest absolute Gasteiger partial charge is 0.477 e. The van der Waals surface area contributed by atoms with E-state index >= 15 is 0 Å². The molecular weight excluding hydrogens is 533 g/mol. The number of alkyl halides is 3. The summed E-state index contributed by atoms with van der Waals surface area (Å²) in [5.41, 5.74) is 2.37. The number of ether oxygens (including phenoxy) is 1. The second-order valence-electron chi connectivity index (χ2n) is 9.84. The number of nitrogens with one attached hydrogen (secondary N) is 4. The molecule has 1 heterocycles. The van der Waals surface area contributed by atoms with Gasteiger partial charge in [-0.2, -0.15) is 18.4 Å². The van der Waals surface area contributed by atoms with Gasteiger partial charge in [0.25, 0.3) is 5.91 Å². The molecule has 41 heavy (non-hydrogen) atoms. The van der Waals surface area contributed by atoms with E-state index in [1.165, 1.54) is 17.7 Å². The number of nitriles is 1. The van der Waals surface area contributed by atoms with Gasteiger partial charge in [0.05, 0.1) is 23.4 Å². The lowest BCUT2D eigenvalue weighted by molar-refractivity contribution is -0.140. The number of benzene rings is 2. The van der Waals surface area contributed by atoms with Crippen LogP contribution in [0.4, 0.5) is 24.5 Å². The van der Waals surface area contributed by atoms with E-state index in [1.807, 2.05) is 19.2 Å². The third-order valence-electron chi connectivity index (χ3n) is 7.12. The van der Waals surface area contributed by atoms with Crippen LogP contribution in [0.2, 0.25) is 0 Å². The predicted molar refractivity (Wildman–Crippen MR) is 153 cm³/mol. The molecule has 0 saturated heterocycles. The molecular formula is C30H33F3N6O2. The predicted octanol–water partition coefficient (Wildman–Crippen LogP) is 4.87. The van der Waals surface area contributed by atoms with E-state index < -0.39 is 12.7 Å². The zero-order valence-electron chi connectivity index (χ0n) is 23.0. The number of nitrogens with zero attached hydrogens (tertiary/aromatic N) is 2. The Morgan fingerprint density at radius 3 is 2.51 bits per heavy atom. The molecule has 0 unspecified atom stereocenters. The summed E-state index contributed by atoms with van der Waals surface area (Å²) < 4.78 is 47.4. The number of carbonyl (C=O) groups excluding carboxylic acids is 1. The van der Waals surface area contributed by atoms with Gasteiger partial charge in [0, 0.05) is 35.8 Å². The molecule has 8 nitrogen and oxygen atoms in total. The Balaban J connectivity index is 1.57. The molecule has 1 aromatic heterocycles. The maximum absolute atomic E-state index is 13.6. The van der Waals surface area contributed by atoms with Crippen molar-refractivity contribution in [3.05, 3.63) is 53.7 Å². The van der Waals surface area contributed by atoms with Crippen molar-refractivity contribution in [1.29, 1.82) is 5.26 Å². The molecule has 3 aromatic rings. The molecule has 0 spiro atoms. The van der Waals surface area contributed by atoms with Crippen molar-refractivity contribution in [2.24, 2.45) is 0 Å². The molecule has 0 radical (unpaired) electrons. The number of fused-ring (bicyclic) bond motifs is 1. The van der Waals surface area contributed by atoms with E-state index in [0.29, 0.717) is 33.9 Å². The van der Waals surface area contributed by atoms with Crippen LogP contribution in [0.25, 0.3) is 10.9 Å².